The summed E-state index contributed by atoms with van der Waals surface area (Å²) in [4.78, 5) is 4.13. The summed E-state index contributed by atoms with van der Waals surface area (Å²) in [7, 11) is 0. The zero-order chi connectivity index (χ0) is 14.1. The molecule has 0 aliphatic rings. The molecule has 0 aliphatic heterocycles. The molecule has 6 heteroatoms. The second-order valence-corrected chi connectivity index (χ2v) is 4.14. The molecule has 0 radical (unpaired) electrons. The molecule has 0 spiro atoms. The summed E-state index contributed by atoms with van der Waals surface area (Å²) in [6.07, 6.45) is 1.58. The van der Waals surface area contributed by atoms with Crippen LogP contribution in [0.4, 0.5) is 14.7 Å². The zero-order valence-corrected chi connectivity index (χ0v) is 10.2. The van der Waals surface area contributed by atoms with Gasteiger partial charge in [0.1, 0.15) is 17.3 Å². The number of aromatic nitrogens is 2. The zero-order valence-electron chi connectivity index (χ0n) is 10.2. The molecule has 0 saturated carbocycles. The fourth-order valence-electron chi connectivity index (χ4n) is 1.96. The Labute approximate surface area is 112 Å². The minimum atomic E-state index is -0.701. The summed E-state index contributed by atoms with van der Waals surface area (Å²) in [5.74, 6) is -1.42. The summed E-state index contributed by atoms with van der Waals surface area (Å²) >= 11 is 0. The molecule has 2 heterocycles. The maximum atomic E-state index is 13.3. The van der Waals surface area contributed by atoms with E-state index in [0.29, 0.717) is 17.0 Å². The number of rotatable bonds is 2. The van der Waals surface area contributed by atoms with E-state index in [-0.39, 0.29) is 11.4 Å². The first-order chi connectivity index (χ1) is 9.65. The molecule has 1 aromatic carbocycles. The Bertz CT molecular complexity index is 736. The molecular weight excluding hydrogens is 264 g/mol. The summed E-state index contributed by atoms with van der Waals surface area (Å²) in [5, 5.41) is 3.81. The molecular formula is C14H9F2N3O. The number of nitrogen functional groups attached to an aromatic ring is 1. The number of pyridine rings is 1. The summed E-state index contributed by atoms with van der Waals surface area (Å²) in [5.41, 5.74) is 7.13. The lowest BCUT2D eigenvalue weighted by Crippen LogP contribution is -1.91. The molecule has 3 rings (SSSR count). The molecule has 2 aromatic heterocycles. The number of nitrogens with zero attached hydrogens (tertiary/aromatic N) is 2. The van der Waals surface area contributed by atoms with Crippen molar-refractivity contribution in [2.45, 2.75) is 0 Å². The SMILES string of the molecule is Nc1onc(-c2ccccn2)c1-c1cc(F)cc(F)c1. The van der Waals surface area contributed by atoms with Gasteiger partial charge in [-0.05, 0) is 29.8 Å². The van der Waals surface area contributed by atoms with Gasteiger partial charge in [-0.3, -0.25) is 4.98 Å². The third kappa shape index (κ3) is 2.11. The third-order valence-electron chi connectivity index (χ3n) is 2.78. The molecule has 0 bridgehead atoms. The maximum absolute atomic E-state index is 13.3. The van der Waals surface area contributed by atoms with Crippen molar-refractivity contribution in [2.24, 2.45) is 0 Å². The van der Waals surface area contributed by atoms with Crippen LogP contribution < -0.4 is 5.73 Å². The Balaban J connectivity index is 2.22. The van der Waals surface area contributed by atoms with Crippen LogP contribution in [0.25, 0.3) is 22.5 Å². The summed E-state index contributed by atoms with van der Waals surface area (Å²) < 4.78 is 31.6. The number of nitrogens with two attached hydrogens (primary N) is 1. The average Bonchev–Trinajstić information content (AvgIpc) is 2.80. The van der Waals surface area contributed by atoms with Crippen LogP contribution in [0.3, 0.4) is 0 Å². The van der Waals surface area contributed by atoms with Gasteiger partial charge in [0.15, 0.2) is 0 Å². The molecule has 3 aromatic rings. The van der Waals surface area contributed by atoms with Gasteiger partial charge in [-0.25, -0.2) is 8.78 Å². The molecule has 0 saturated heterocycles. The van der Waals surface area contributed by atoms with Crippen LogP contribution in [0.5, 0.6) is 0 Å². The highest BCUT2D eigenvalue weighted by molar-refractivity contribution is 5.85. The standard InChI is InChI=1S/C14H9F2N3O/c15-9-5-8(6-10(16)7-9)12-13(19-20-14(12)17)11-3-1-2-4-18-11/h1-7H,17H2. The monoisotopic (exact) mass is 273 g/mol. The topological polar surface area (TPSA) is 64.9 Å². The summed E-state index contributed by atoms with van der Waals surface area (Å²) in [6, 6.07) is 8.33. The van der Waals surface area contributed by atoms with Crippen LogP contribution in [0.15, 0.2) is 47.1 Å². The van der Waals surface area contributed by atoms with Crippen molar-refractivity contribution in [3.63, 3.8) is 0 Å². The highest BCUT2D eigenvalue weighted by Gasteiger charge is 2.19. The summed E-state index contributed by atoms with van der Waals surface area (Å²) in [6.45, 7) is 0. The highest BCUT2D eigenvalue weighted by Crippen LogP contribution is 2.35. The number of benzene rings is 1. The molecule has 100 valence electrons. The van der Waals surface area contributed by atoms with Crippen molar-refractivity contribution in [1.82, 2.24) is 10.1 Å². The van der Waals surface area contributed by atoms with Crippen molar-refractivity contribution in [3.8, 4) is 22.5 Å². The first-order valence-electron chi connectivity index (χ1n) is 5.78. The minimum absolute atomic E-state index is 0.0179. The number of anilines is 1. The van der Waals surface area contributed by atoms with Crippen LogP contribution in [-0.4, -0.2) is 10.1 Å². The van der Waals surface area contributed by atoms with Crippen molar-refractivity contribution < 1.29 is 13.3 Å². The highest BCUT2D eigenvalue weighted by atomic mass is 19.1. The van der Waals surface area contributed by atoms with Gasteiger partial charge >= 0.3 is 0 Å². The van der Waals surface area contributed by atoms with E-state index in [4.69, 9.17) is 10.3 Å². The van der Waals surface area contributed by atoms with E-state index in [2.05, 4.69) is 10.1 Å². The van der Waals surface area contributed by atoms with Crippen LogP contribution in [0.1, 0.15) is 0 Å². The first-order valence-corrected chi connectivity index (χ1v) is 5.78. The second-order valence-electron chi connectivity index (χ2n) is 4.14. The van der Waals surface area contributed by atoms with Crippen LogP contribution >= 0.6 is 0 Å². The second kappa shape index (κ2) is 4.73. The van der Waals surface area contributed by atoms with E-state index < -0.39 is 11.6 Å². The van der Waals surface area contributed by atoms with Crippen molar-refractivity contribution in [3.05, 3.63) is 54.2 Å². The Morgan fingerprint density at radius 1 is 1.05 bits per heavy atom. The largest absolute Gasteiger partial charge is 0.367 e. The normalized spacial score (nSPS) is 10.7. The van der Waals surface area contributed by atoms with E-state index in [1.165, 1.54) is 12.1 Å². The fourth-order valence-corrected chi connectivity index (χ4v) is 1.96. The predicted octanol–water partition coefficient (Wildman–Crippen LogP) is 3.26. The Morgan fingerprint density at radius 3 is 2.45 bits per heavy atom. The molecule has 0 amide bonds. The van der Waals surface area contributed by atoms with E-state index in [1.54, 1.807) is 24.4 Å². The lowest BCUT2D eigenvalue weighted by atomic mass is 10.0. The van der Waals surface area contributed by atoms with Crippen molar-refractivity contribution in [2.75, 3.05) is 5.73 Å². The van der Waals surface area contributed by atoms with Crippen molar-refractivity contribution >= 4 is 5.88 Å². The van der Waals surface area contributed by atoms with Gasteiger partial charge < -0.3 is 10.3 Å². The Kier molecular flexibility index (Phi) is 2.90. The molecule has 20 heavy (non-hydrogen) atoms. The van der Waals surface area contributed by atoms with Gasteiger partial charge in [0.05, 0.1) is 11.3 Å². The molecule has 0 atom stereocenters. The average molecular weight is 273 g/mol. The third-order valence-corrected chi connectivity index (χ3v) is 2.78. The predicted molar refractivity (Wildman–Crippen MR) is 69.5 cm³/mol. The number of hydrogen-bond donors (Lipinski definition) is 1. The quantitative estimate of drug-likeness (QED) is 0.778. The Hall–Kier alpha value is -2.76. The Morgan fingerprint density at radius 2 is 1.80 bits per heavy atom. The van der Waals surface area contributed by atoms with Gasteiger partial charge in [0.2, 0.25) is 5.88 Å². The lowest BCUT2D eigenvalue weighted by molar-refractivity contribution is 0.439. The van der Waals surface area contributed by atoms with Gasteiger partial charge in [0, 0.05) is 12.3 Å². The number of hydrogen-bond acceptors (Lipinski definition) is 4. The first kappa shape index (κ1) is 12.3. The maximum Gasteiger partial charge on any atom is 0.230 e. The minimum Gasteiger partial charge on any atom is -0.367 e. The number of halogens is 2. The van der Waals surface area contributed by atoms with E-state index in [1.807, 2.05) is 0 Å². The molecule has 4 nitrogen and oxygen atoms in total. The van der Waals surface area contributed by atoms with Gasteiger partial charge in [-0.2, -0.15) is 0 Å². The van der Waals surface area contributed by atoms with E-state index in [0.717, 1.165) is 6.07 Å². The smallest absolute Gasteiger partial charge is 0.230 e. The molecule has 0 unspecified atom stereocenters. The van der Waals surface area contributed by atoms with Gasteiger partial charge in [-0.1, -0.05) is 11.2 Å². The van der Waals surface area contributed by atoms with Gasteiger partial charge in [0.25, 0.3) is 0 Å². The van der Waals surface area contributed by atoms with Crippen LogP contribution in [-0.2, 0) is 0 Å². The molecule has 0 fully saturated rings. The van der Waals surface area contributed by atoms with Crippen LogP contribution in [0.2, 0.25) is 0 Å². The van der Waals surface area contributed by atoms with E-state index in [9.17, 15) is 8.78 Å². The van der Waals surface area contributed by atoms with Gasteiger partial charge in [-0.15, -0.1) is 0 Å². The lowest BCUT2D eigenvalue weighted by Gasteiger charge is -2.03. The molecule has 2 N–H and O–H groups in total. The van der Waals surface area contributed by atoms with E-state index >= 15 is 0 Å². The van der Waals surface area contributed by atoms with Crippen molar-refractivity contribution in [1.29, 1.82) is 0 Å². The fraction of sp³-hybridized carbons (Fsp3) is 0. The van der Waals surface area contributed by atoms with Crippen LogP contribution in [0, 0.1) is 11.6 Å². The molecule has 0 aliphatic carbocycles.